The van der Waals surface area contributed by atoms with Crippen molar-refractivity contribution in [2.45, 2.75) is 36.9 Å². The molecule has 1 unspecified atom stereocenters. The van der Waals surface area contributed by atoms with Gasteiger partial charge in [-0.1, -0.05) is 19.1 Å². The van der Waals surface area contributed by atoms with Gasteiger partial charge in [-0.15, -0.1) is 11.3 Å². The molecule has 1 aromatic rings. The van der Waals surface area contributed by atoms with Crippen LogP contribution < -0.4 is 10.5 Å². The first kappa shape index (κ1) is 14.6. The molecule has 17 heavy (non-hydrogen) atoms. The molecule has 0 aromatic carbocycles. The van der Waals surface area contributed by atoms with Gasteiger partial charge in [-0.3, -0.25) is 0 Å². The largest absolute Gasteiger partial charge is 0.392 e. The van der Waals surface area contributed by atoms with Crippen molar-refractivity contribution in [1.29, 1.82) is 0 Å². The highest BCUT2D eigenvalue weighted by molar-refractivity contribution is 7.91. The SMILES string of the molecule is CCC(C)(NS(=O)(=O)c1ccc(C)s1)C(N)=S. The molecule has 0 aliphatic carbocycles. The van der Waals surface area contributed by atoms with Gasteiger partial charge in [0.15, 0.2) is 0 Å². The van der Waals surface area contributed by atoms with E-state index in [1.807, 2.05) is 13.8 Å². The Bertz CT molecular complexity index is 521. The van der Waals surface area contributed by atoms with Crippen molar-refractivity contribution in [3.63, 3.8) is 0 Å². The van der Waals surface area contributed by atoms with Gasteiger partial charge in [0.1, 0.15) is 4.21 Å². The Labute approximate surface area is 111 Å². The van der Waals surface area contributed by atoms with Crippen LogP contribution in [0.25, 0.3) is 0 Å². The fraction of sp³-hybridized carbons (Fsp3) is 0.500. The molecule has 0 saturated carbocycles. The van der Waals surface area contributed by atoms with Gasteiger partial charge in [0.05, 0.1) is 10.5 Å². The predicted octanol–water partition coefficient (Wildman–Crippen LogP) is 1.79. The molecule has 96 valence electrons. The van der Waals surface area contributed by atoms with Crippen LogP contribution in [0.3, 0.4) is 0 Å². The second kappa shape index (κ2) is 5.01. The van der Waals surface area contributed by atoms with E-state index in [2.05, 4.69) is 4.72 Å². The highest BCUT2D eigenvalue weighted by atomic mass is 32.2. The molecular weight excluding hydrogens is 276 g/mol. The molecule has 0 aliphatic rings. The molecule has 1 rings (SSSR count). The molecule has 1 atom stereocenters. The number of hydrogen-bond acceptors (Lipinski definition) is 4. The van der Waals surface area contributed by atoms with Gasteiger partial charge >= 0.3 is 0 Å². The number of hydrogen-bond donors (Lipinski definition) is 2. The monoisotopic (exact) mass is 292 g/mol. The van der Waals surface area contributed by atoms with Crippen molar-refractivity contribution in [1.82, 2.24) is 4.72 Å². The molecule has 3 N–H and O–H groups in total. The van der Waals surface area contributed by atoms with Gasteiger partial charge in [-0.05, 0) is 32.4 Å². The maximum absolute atomic E-state index is 12.1. The lowest BCUT2D eigenvalue weighted by molar-refractivity contribution is 0.513. The molecule has 1 aromatic heterocycles. The Kier molecular flexibility index (Phi) is 4.29. The quantitative estimate of drug-likeness (QED) is 0.812. The summed E-state index contributed by atoms with van der Waals surface area (Å²) < 4.78 is 27.1. The normalized spacial score (nSPS) is 15.5. The fourth-order valence-electron chi connectivity index (χ4n) is 1.20. The highest BCUT2D eigenvalue weighted by Gasteiger charge is 2.32. The summed E-state index contributed by atoms with van der Waals surface area (Å²) in [5.74, 6) is 0. The maximum Gasteiger partial charge on any atom is 0.250 e. The number of rotatable bonds is 5. The summed E-state index contributed by atoms with van der Waals surface area (Å²) in [6.45, 7) is 5.38. The van der Waals surface area contributed by atoms with Crippen molar-refractivity contribution in [3.8, 4) is 0 Å². The molecule has 0 radical (unpaired) electrons. The van der Waals surface area contributed by atoms with E-state index in [9.17, 15) is 8.42 Å². The van der Waals surface area contributed by atoms with E-state index in [1.54, 1.807) is 19.1 Å². The second-order valence-corrected chi connectivity index (χ2v) is 7.66. The van der Waals surface area contributed by atoms with Crippen molar-refractivity contribution < 1.29 is 8.42 Å². The first-order valence-corrected chi connectivity index (χ1v) is 7.82. The maximum atomic E-state index is 12.1. The zero-order chi connectivity index (χ0) is 13.3. The van der Waals surface area contributed by atoms with Crippen LogP contribution in [0.15, 0.2) is 16.3 Å². The number of aryl methyl sites for hydroxylation is 1. The Hall–Kier alpha value is -0.500. The summed E-state index contributed by atoms with van der Waals surface area (Å²) in [7, 11) is -3.55. The van der Waals surface area contributed by atoms with E-state index >= 15 is 0 Å². The van der Waals surface area contributed by atoms with Gasteiger partial charge < -0.3 is 5.73 Å². The first-order chi connectivity index (χ1) is 7.71. The average molecular weight is 292 g/mol. The zero-order valence-corrected chi connectivity index (χ0v) is 12.4. The summed E-state index contributed by atoms with van der Waals surface area (Å²) in [6.07, 6.45) is 0.506. The molecule has 1 heterocycles. The highest BCUT2D eigenvalue weighted by Crippen LogP contribution is 2.23. The Balaban J connectivity index is 3.06. The Morgan fingerprint density at radius 3 is 2.53 bits per heavy atom. The number of nitrogens with two attached hydrogens (primary N) is 1. The Morgan fingerprint density at radius 1 is 1.59 bits per heavy atom. The van der Waals surface area contributed by atoms with Crippen molar-refractivity contribution >= 4 is 38.6 Å². The summed E-state index contributed by atoms with van der Waals surface area (Å²) in [5, 5.41) is 0. The molecule has 0 saturated heterocycles. The average Bonchev–Trinajstić information content (AvgIpc) is 2.64. The minimum absolute atomic E-state index is 0.150. The van der Waals surface area contributed by atoms with E-state index in [4.69, 9.17) is 18.0 Å². The molecule has 4 nitrogen and oxygen atoms in total. The lowest BCUT2D eigenvalue weighted by Crippen LogP contribution is -2.53. The van der Waals surface area contributed by atoms with Gasteiger partial charge in [-0.25, -0.2) is 8.42 Å². The second-order valence-electron chi connectivity index (χ2n) is 4.02. The number of thiocarbonyl (C=S) groups is 1. The minimum Gasteiger partial charge on any atom is -0.392 e. The standard InChI is InChI=1S/C10H16N2O2S3/c1-4-10(3,9(11)15)12-17(13,14)8-6-5-7(2)16-8/h5-6,12H,4H2,1-3H3,(H2,11,15). The van der Waals surface area contributed by atoms with E-state index in [0.29, 0.717) is 6.42 Å². The van der Waals surface area contributed by atoms with Crippen molar-refractivity contribution in [3.05, 3.63) is 17.0 Å². The van der Waals surface area contributed by atoms with Crippen molar-refractivity contribution in [2.75, 3.05) is 0 Å². The number of thiophene rings is 1. The van der Waals surface area contributed by atoms with Crippen LogP contribution in [-0.4, -0.2) is 18.9 Å². The van der Waals surface area contributed by atoms with Crippen LogP contribution in [0.1, 0.15) is 25.1 Å². The lowest BCUT2D eigenvalue weighted by atomic mass is 10.0. The Morgan fingerprint density at radius 2 is 2.18 bits per heavy atom. The van der Waals surface area contributed by atoms with Gasteiger partial charge in [-0.2, -0.15) is 4.72 Å². The summed E-state index contributed by atoms with van der Waals surface area (Å²) in [5.41, 5.74) is 4.70. The number of sulfonamides is 1. The van der Waals surface area contributed by atoms with Crippen LogP contribution >= 0.6 is 23.6 Å². The van der Waals surface area contributed by atoms with Gasteiger partial charge in [0.2, 0.25) is 0 Å². The summed E-state index contributed by atoms with van der Waals surface area (Å²) in [6, 6.07) is 3.35. The third-order valence-corrected chi connectivity index (χ3v) is 6.13. The number of nitrogens with one attached hydrogen (secondary N) is 1. The molecule has 0 aliphatic heterocycles. The molecule has 0 spiro atoms. The first-order valence-electron chi connectivity index (χ1n) is 5.11. The van der Waals surface area contributed by atoms with E-state index in [1.165, 1.54) is 11.3 Å². The van der Waals surface area contributed by atoms with Crippen LogP contribution in [0, 0.1) is 6.92 Å². The third kappa shape index (κ3) is 3.25. The summed E-state index contributed by atoms with van der Waals surface area (Å²) >= 11 is 6.13. The van der Waals surface area contributed by atoms with E-state index in [-0.39, 0.29) is 9.20 Å². The smallest absolute Gasteiger partial charge is 0.250 e. The van der Waals surface area contributed by atoms with Gasteiger partial charge in [0.25, 0.3) is 10.0 Å². The lowest BCUT2D eigenvalue weighted by Gasteiger charge is -2.27. The minimum atomic E-state index is -3.55. The molecule has 0 amide bonds. The van der Waals surface area contributed by atoms with Gasteiger partial charge in [0, 0.05) is 4.88 Å². The molecule has 7 heteroatoms. The zero-order valence-electron chi connectivity index (χ0n) is 9.98. The van der Waals surface area contributed by atoms with E-state index in [0.717, 1.165) is 4.88 Å². The van der Waals surface area contributed by atoms with Crippen LogP contribution in [-0.2, 0) is 10.0 Å². The van der Waals surface area contributed by atoms with Crippen LogP contribution in [0.2, 0.25) is 0 Å². The third-order valence-electron chi connectivity index (χ3n) is 2.59. The summed E-state index contributed by atoms with van der Waals surface area (Å²) in [4.78, 5) is 1.09. The topological polar surface area (TPSA) is 72.2 Å². The predicted molar refractivity (Wildman–Crippen MR) is 74.9 cm³/mol. The molecular formula is C10H16N2O2S3. The van der Waals surface area contributed by atoms with Crippen LogP contribution in [0.4, 0.5) is 0 Å². The van der Waals surface area contributed by atoms with Crippen molar-refractivity contribution in [2.24, 2.45) is 5.73 Å². The fourth-order valence-corrected chi connectivity index (χ4v) is 4.20. The van der Waals surface area contributed by atoms with Crippen LogP contribution in [0.5, 0.6) is 0 Å². The molecule has 0 fully saturated rings. The van der Waals surface area contributed by atoms with E-state index < -0.39 is 15.6 Å². The molecule has 0 bridgehead atoms.